The van der Waals surface area contributed by atoms with Crippen molar-refractivity contribution in [2.75, 3.05) is 26.3 Å². The maximum absolute atomic E-state index is 5.25. The molecule has 0 fully saturated rings. The van der Waals surface area contributed by atoms with Crippen molar-refractivity contribution < 1.29 is 4.74 Å². The van der Waals surface area contributed by atoms with Gasteiger partial charge in [-0.05, 0) is 18.3 Å². The molecule has 0 aromatic rings. The van der Waals surface area contributed by atoms with Gasteiger partial charge in [-0.3, -0.25) is 0 Å². The van der Waals surface area contributed by atoms with E-state index < -0.39 is 0 Å². The van der Waals surface area contributed by atoms with Crippen molar-refractivity contribution in [3.05, 3.63) is 0 Å². The van der Waals surface area contributed by atoms with Gasteiger partial charge in [-0.2, -0.15) is 0 Å². The van der Waals surface area contributed by atoms with E-state index in [4.69, 9.17) is 4.74 Å². The van der Waals surface area contributed by atoms with Crippen LogP contribution in [0.3, 0.4) is 0 Å². The molecule has 80 valence electrons. The Hall–Kier alpha value is -0.0800. The Kier molecular flexibility index (Phi) is 6.35. The van der Waals surface area contributed by atoms with Gasteiger partial charge in [0.1, 0.15) is 0 Å². The normalized spacial score (nSPS) is 12.5. The molecule has 0 heterocycles. The summed E-state index contributed by atoms with van der Waals surface area (Å²) in [5.41, 5.74) is 0.381. The fourth-order valence-electron chi connectivity index (χ4n) is 0.903. The third-order valence-corrected chi connectivity index (χ3v) is 2.77. The molecule has 0 atom stereocenters. The first kappa shape index (κ1) is 12.9. The molecule has 2 heteroatoms. The molecule has 0 aromatic carbocycles. The minimum Gasteiger partial charge on any atom is -0.380 e. The minimum atomic E-state index is 0.381. The van der Waals surface area contributed by atoms with Gasteiger partial charge in [0.05, 0.1) is 6.61 Å². The zero-order chi connectivity index (χ0) is 10.3. The van der Waals surface area contributed by atoms with Crippen LogP contribution in [-0.4, -0.2) is 26.3 Å². The molecule has 1 N–H and O–H groups in total. The van der Waals surface area contributed by atoms with E-state index >= 15 is 0 Å². The maximum atomic E-state index is 5.25. The predicted octanol–water partition coefficient (Wildman–Crippen LogP) is 2.29. The van der Waals surface area contributed by atoms with E-state index in [9.17, 15) is 0 Å². The maximum Gasteiger partial charge on any atom is 0.0590 e. The van der Waals surface area contributed by atoms with Crippen LogP contribution in [0.25, 0.3) is 0 Å². The van der Waals surface area contributed by atoms with Crippen molar-refractivity contribution in [2.24, 2.45) is 11.3 Å². The highest BCUT2D eigenvalue weighted by Crippen LogP contribution is 2.24. The van der Waals surface area contributed by atoms with Crippen LogP contribution in [0.15, 0.2) is 0 Å². The van der Waals surface area contributed by atoms with Gasteiger partial charge in [0, 0.05) is 19.7 Å². The van der Waals surface area contributed by atoms with Gasteiger partial charge < -0.3 is 10.1 Å². The Balaban J connectivity index is 3.41. The van der Waals surface area contributed by atoms with Crippen molar-refractivity contribution in [1.82, 2.24) is 5.32 Å². The minimum absolute atomic E-state index is 0.381. The average Bonchev–Trinajstić information content (AvgIpc) is 2.03. The van der Waals surface area contributed by atoms with Gasteiger partial charge in [-0.25, -0.2) is 0 Å². The molecule has 0 aliphatic heterocycles. The third-order valence-electron chi connectivity index (χ3n) is 2.77. The van der Waals surface area contributed by atoms with E-state index in [1.165, 1.54) is 0 Å². The van der Waals surface area contributed by atoms with Gasteiger partial charge in [-0.1, -0.05) is 27.7 Å². The van der Waals surface area contributed by atoms with Crippen LogP contribution in [0, 0.1) is 11.3 Å². The molecule has 0 rings (SSSR count). The molecule has 13 heavy (non-hydrogen) atoms. The number of ether oxygens (including phenoxy) is 1. The molecule has 0 saturated carbocycles. The molecule has 0 aliphatic rings. The van der Waals surface area contributed by atoms with Gasteiger partial charge in [0.15, 0.2) is 0 Å². The molecule has 0 aromatic heterocycles. The Morgan fingerprint density at radius 3 is 2.38 bits per heavy atom. The molecule has 2 nitrogen and oxygen atoms in total. The fourth-order valence-corrected chi connectivity index (χ4v) is 0.903. The quantitative estimate of drug-likeness (QED) is 0.617. The summed E-state index contributed by atoms with van der Waals surface area (Å²) in [7, 11) is 0. The van der Waals surface area contributed by atoms with Crippen molar-refractivity contribution in [1.29, 1.82) is 0 Å². The Morgan fingerprint density at radius 2 is 1.92 bits per heavy atom. The molecule has 0 aliphatic carbocycles. The molecule has 0 radical (unpaired) electrons. The molecular weight excluding hydrogens is 162 g/mol. The highest BCUT2D eigenvalue weighted by atomic mass is 16.5. The summed E-state index contributed by atoms with van der Waals surface area (Å²) in [6.45, 7) is 14.8. The number of nitrogens with one attached hydrogen (secondary N) is 1. The molecular formula is C11H25NO. The molecule has 0 bridgehead atoms. The van der Waals surface area contributed by atoms with Crippen molar-refractivity contribution in [3.63, 3.8) is 0 Å². The van der Waals surface area contributed by atoms with Crippen LogP contribution < -0.4 is 5.32 Å². The van der Waals surface area contributed by atoms with Gasteiger partial charge in [0.2, 0.25) is 0 Å². The third kappa shape index (κ3) is 6.05. The van der Waals surface area contributed by atoms with Crippen LogP contribution in [0.4, 0.5) is 0 Å². The lowest BCUT2D eigenvalue weighted by Gasteiger charge is -2.29. The molecule has 0 saturated heterocycles. The fraction of sp³-hybridized carbons (Fsp3) is 1.00. The van der Waals surface area contributed by atoms with E-state index in [-0.39, 0.29) is 0 Å². The van der Waals surface area contributed by atoms with Crippen molar-refractivity contribution >= 4 is 0 Å². The summed E-state index contributed by atoms with van der Waals surface area (Å²) in [4.78, 5) is 0. The second kappa shape index (κ2) is 6.39. The van der Waals surface area contributed by atoms with E-state index in [1.54, 1.807) is 0 Å². The lowest BCUT2D eigenvalue weighted by Crippen LogP contribution is -2.35. The lowest BCUT2D eigenvalue weighted by atomic mass is 9.81. The van der Waals surface area contributed by atoms with Gasteiger partial charge in [-0.15, -0.1) is 0 Å². The van der Waals surface area contributed by atoms with Crippen molar-refractivity contribution in [2.45, 2.75) is 34.6 Å². The summed E-state index contributed by atoms with van der Waals surface area (Å²) < 4.78 is 5.25. The van der Waals surface area contributed by atoms with E-state index in [0.29, 0.717) is 11.3 Å². The van der Waals surface area contributed by atoms with Crippen LogP contribution in [0.2, 0.25) is 0 Å². The van der Waals surface area contributed by atoms with Crippen LogP contribution in [0.5, 0.6) is 0 Å². The Bertz CT molecular complexity index is 121. The Morgan fingerprint density at radius 1 is 1.31 bits per heavy atom. The average molecular weight is 187 g/mol. The second-order valence-electron chi connectivity index (χ2n) is 4.52. The van der Waals surface area contributed by atoms with Crippen LogP contribution in [0.1, 0.15) is 34.6 Å². The molecule has 0 unspecified atom stereocenters. The summed E-state index contributed by atoms with van der Waals surface area (Å²) in [6, 6.07) is 0. The standard InChI is InChI=1S/C11H25NO/c1-6-13-8-7-12-9-11(4,5)10(2)3/h10,12H,6-9H2,1-5H3. The molecule has 0 amide bonds. The lowest BCUT2D eigenvalue weighted by molar-refractivity contribution is 0.143. The summed E-state index contributed by atoms with van der Waals surface area (Å²) in [5, 5.41) is 3.42. The highest BCUT2D eigenvalue weighted by Gasteiger charge is 2.21. The summed E-state index contributed by atoms with van der Waals surface area (Å²) in [5.74, 6) is 0.715. The summed E-state index contributed by atoms with van der Waals surface area (Å²) in [6.07, 6.45) is 0. The van der Waals surface area contributed by atoms with E-state index in [0.717, 1.165) is 26.3 Å². The molecule has 0 spiro atoms. The first-order valence-corrected chi connectivity index (χ1v) is 5.29. The van der Waals surface area contributed by atoms with Crippen LogP contribution >= 0.6 is 0 Å². The van der Waals surface area contributed by atoms with E-state index in [2.05, 4.69) is 33.0 Å². The first-order chi connectivity index (χ1) is 6.00. The zero-order valence-electron chi connectivity index (χ0n) is 9.81. The SMILES string of the molecule is CCOCCNCC(C)(C)C(C)C. The largest absolute Gasteiger partial charge is 0.380 e. The first-order valence-electron chi connectivity index (χ1n) is 5.29. The highest BCUT2D eigenvalue weighted by molar-refractivity contribution is 4.74. The summed E-state index contributed by atoms with van der Waals surface area (Å²) >= 11 is 0. The van der Waals surface area contributed by atoms with Crippen LogP contribution in [-0.2, 0) is 4.74 Å². The monoisotopic (exact) mass is 187 g/mol. The number of hydrogen-bond acceptors (Lipinski definition) is 2. The van der Waals surface area contributed by atoms with Crippen molar-refractivity contribution in [3.8, 4) is 0 Å². The van der Waals surface area contributed by atoms with Gasteiger partial charge in [0.25, 0.3) is 0 Å². The zero-order valence-corrected chi connectivity index (χ0v) is 9.81. The topological polar surface area (TPSA) is 21.3 Å². The second-order valence-corrected chi connectivity index (χ2v) is 4.52. The number of hydrogen-bond donors (Lipinski definition) is 1. The predicted molar refractivity (Wildman–Crippen MR) is 58.0 cm³/mol. The van der Waals surface area contributed by atoms with Gasteiger partial charge >= 0.3 is 0 Å². The number of rotatable bonds is 7. The van der Waals surface area contributed by atoms with E-state index in [1.807, 2.05) is 6.92 Å². The Labute approximate surface area is 83.1 Å². The smallest absolute Gasteiger partial charge is 0.0590 e.